The number of carboxylic acid groups (broad SMARTS) is 1. The Bertz CT molecular complexity index is 454. The zero-order valence-electron chi connectivity index (χ0n) is 13.7. The summed E-state index contributed by atoms with van der Waals surface area (Å²) in [7, 11) is 1.59. The molecule has 2 amide bonds. The summed E-state index contributed by atoms with van der Waals surface area (Å²) in [5, 5.41) is 8.87. The van der Waals surface area contributed by atoms with Crippen molar-refractivity contribution in [3.63, 3.8) is 0 Å². The van der Waals surface area contributed by atoms with E-state index in [1.807, 2.05) is 4.90 Å². The molecule has 0 aromatic carbocycles. The van der Waals surface area contributed by atoms with Crippen LogP contribution in [-0.2, 0) is 19.1 Å². The highest BCUT2D eigenvalue weighted by atomic mass is 16.5. The summed E-state index contributed by atoms with van der Waals surface area (Å²) >= 11 is 0. The molecule has 2 aliphatic heterocycles. The number of amides is 2. The number of carboxylic acids is 1. The molecular weight excluding hydrogens is 300 g/mol. The Labute approximate surface area is 136 Å². The second-order valence-electron chi connectivity index (χ2n) is 6.35. The van der Waals surface area contributed by atoms with Crippen LogP contribution in [-0.4, -0.2) is 72.1 Å². The minimum absolute atomic E-state index is 0.000467. The third kappa shape index (κ3) is 4.67. The van der Waals surface area contributed by atoms with Gasteiger partial charge >= 0.3 is 5.97 Å². The predicted molar refractivity (Wildman–Crippen MR) is 82.8 cm³/mol. The number of hydrogen-bond acceptors (Lipinski definition) is 4. The number of methoxy groups -OCH3 is 1. The standard InChI is InChI=1S/C16H26N2O5/c1-23-9-8-17-11-12(10-14(17)19)16(22)18-7-3-2-4-13(18)5-6-15(20)21/h12-13H,2-11H2,1H3,(H,20,21). The molecular formula is C16H26N2O5. The van der Waals surface area contributed by atoms with E-state index >= 15 is 0 Å². The van der Waals surface area contributed by atoms with Gasteiger partial charge in [0.25, 0.3) is 0 Å². The van der Waals surface area contributed by atoms with Crippen LogP contribution in [0.3, 0.4) is 0 Å². The van der Waals surface area contributed by atoms with Crippen LogP contribution >= 0.6 is 0 Å². The minimum atomic E-state index is -0.829. The quantitative estimate of drug-likeness (QED) is 0.745. The maximum absolute atomic E-state index is 12.8. The van der Waals surface area contributed by atoms with Gasteiger partial charge in [0.1, 0.15) is 0 Å². The lowest BCUT2D eigenvalue weighted by molar-refractivity contribution is -0.142. The van der Waals surface area contributed by atoms with E-state index in [0.29, 0.717) is 32.7 Å². The normalized spacial score (nSPS) is 25.0. The van der Waals surface area contributed by atoms with Gasteiger partial charge < -0.3 is 19.6 Å². The van der Waals surface area contributed by atoms with Gasteiger partial charge in [-0.25, -0.2) is 0 Å². The third-order valence-electron chi connectivity index (χ3n) is 4.73. The van der Waals surface area contributed by atoms with E-state index in [-0.39, 0.29) is 36.6 Å². The molecule has 2 fully saturated rings. The Kier molecular flexibility index (Phi) is 6.38. The van der Waals surface area contributed by atoms with Crippen molar-refractivity contribution in [2.75, 3.05) is 33.4 Å². The molecule has 130 valence electrons. The molecule has 23 heavy (non-hydrogen) atoms. The van der Waals surface area contributed by atoms with Crippen molar-refractivity contribution in [2.45, 2.75) is 44.6 Å². The monoisotopic (exact) mass is 326 g/mol. The highest BCUT2D eigenvalue weighted by Crippen LogP contribution is 2.26. The van der Waals surface area contributed by atoms with Crippen molar-refractivity contribution in [1.82, 2.24) is 9.80 Å². The first-order valence-corrected chi connectivity index (χ1v) is 8.32. The van der Waals surface area contributed by atoms with E-state index in [2.05, 4.69) is 0 Å². The van der Waals surface area contributed by atoms with E-state index in [1.54, 1.807) is 12.0 Å². The zero-order chi connectivity index (χ0) is 16.8. The Hall–Kier alpha value is -1.63. The largest absolute Gasteiger partial charge is 0.481 e. The van der Waals surface area contributed by atoms with Gasteiger partial charge in [-0.15, -0.1) is 0 Å². The summed E-state index contributed by atoms with van der Waals surface area (Å²) in [6, 6.07) is -0.00419. The number of ether oxygens (including phenoxy) is 1. The molecule has 2 saturated heterocycles. The molecule has 2 unspecified atom stereocenters. The topological polar surface area (TPSA) is 87.2 Å². The fraction of sp³-hybridized carbons (Fsp3) is 0.812. The number of carbonyl (C=O) groups is 3. The second kappa shape index (κ2) is 8.29. The Morgan fingerprint density at radius 1 is 1.35 bits per heavy atom. The molecule has 0 aromatic heterocycles. The Balaban J connectivity index is 1.94. The van der Waals surface area contributed by atoms with Crippen LogP contribution < -0.4 is 0 Å². The fourth-order valence-electron chi connectivity index (χ4n) is 3.47. The highest BCUT2D eigenvalue weighted by Gasteiger charge is 2.38. The van der Waals surface area contributed by atoms with E-state index in [9.17, 15) is 14.4 Å². The second-order valence-corrected chi connectivity index (χ2v) is 6.35. The minimum Gasteiger partial charge on any atom is -0.481 e. The lowest BCUT2D eigenvalue weighted by Crippen LogP contribution is -2.47. The van der Waals surface area contributed by atoms with Crippen LogP contribution in [0.5, 0.6) is 0 Å². The van der Waals surface area contributed by atoms with Crippen molar-refractivity contribution in [3.8, 4) is 0 Å². The number of likely N-dealkylation sites (tertiary alicyclic amines) is 2. The van der Waals surface area contributed by atoms with Crippen molar-refractivity contribution in [3.05, 3.63) is 0 Å². The Morgan fingerprint density at radius 2 is 2.13 bits per heavy atom. The molecule has 2 aliphatic rings. The van der Waals surface area contributed by atoms with Crippen LogP contribution in [0.4, 0.5) is 0 Å². The molecule has 0 saturated carbocycles. The molecule has 1 N–H and O–H groups in total. The maximum Gasteiger partial charge on any atom is 0.303 e. The molecule has 2 heterocycles. The van der Waals surface area contributed by atoms with Gasteiger partial charge in [0, 0.05) is 45.6 Å². The molecule has 2 rings (SSSR count). The molecule has 0 bridgehead atoms. The van der Waals surface area contributed by atoms with Gasteiger partial charge in [-0.2, -0.15) is 0 Å². The molecule has 0 aromatic rings. The van der Waals surface area contributed by atoms with Crippen molar-refractivity contribution in [2.24, 2.45) is 5.92 Å². The van der Waals surface area contributed by atoms with E-state index in [4.69, 9.17) is 9.84 Å². The lowest BCUT2D eigenvalue weighted by Gasteiger charge is -2.37. The first-order chi connectivity index (χ1) is 11.0. The van der Waals surface area contributed by atoms with Crippen LogP contribution in [0, 0.1) is 5.92 Å². The molecule has 7 heteroatoms. The van der Waals surface area contributed by atoms with E-state index in [1.165, 1.54) is 0 Å². The lowest BCUT2D eigenvalue weighted by atomic mass is 9.95. The number of rotatable bonds is 7. The van der Waals surface area contributed by atoms with Crippen LogP contribution in [0.2, 0.25) is 0 Å². The summed E-state index contributed by atoms with van der Waals surface area (Å²) in [5.41, 5.74) is 0. The molecule has 0 aliphatic carbocycles. The van der Waals surface area contributed by atoms with Gasteiger partial charge in [-0.05, 0) is 25.7 Å². The Morgan fingerprint density at radius 3 is 2.83 bits per heavy atom. The average Bonchev–Trinajstić information content (AvgIpc) is 2.91. The maximum atomic E-state index is 12.8. The SMILES string of the molecule is COCCN1CC(C(=O)N2CCCCC2CCC(=O)O)CC1=O. The molecule has 0 radical (unpaired) electrons. The first-order valence-electron chi connectivity index (χ1n) is 8.32. The fourth-order valence-corrected chi connectivity index (χ4v) is 3.47. The summed E-state index contributed by atoms with van der Waals surface area (Å²) < 4.78 is 4.99. The average molecular weight is 326 g/mol. The molecule has 7 nitrogen and oxygen atoms in total. The van der Waals surface area contributed by atoms with Crippen LogP contribution in [0.15, 0.2) is 0 Å². The number of hydrogen-bond donors (Lipinski definition) is 1. The summed E-state index contributed by atoms with van der Waals surface area (Å²) in [6.07, 6.45) is 3.66. The van der Waals surface area contributed by atoms with Crippen LogP contribution in [0.1, 0.15) is 38.5 Å². The molecule has 2 atom stereocenters. The number of carbonyl (C=O) groups excluding carboxylic acids is 2. The third-order valence-corrected chi connectivity index (χ3v) is 4.73. The van der Waals surface area contributed by atoms with Gasteiger partial charge in [0.05, 0.1) is 12.5 Å². The van der Waals surface area contributed by atoms with Gasteiger partial charge in [0.15, 0.2) is 0 Å². The smallest absolute Gasteiger partial charge is 0.303 e. The van der Waals surface area contributed by atoms with E-state index in [0.717, 1.165) is 19.3 Å². The number of nitrogens with zero attached hydrogens (tertiary/aromatic N) is 2. The van der Waals surface area contributed by atoms with Gasteiger partial charge in [0.2, 0.25) is 11.8 Å². The van der Waals surface area contributed by atoms with Crippen molar-refractivity contribution in [1.29, 1.82) is 0 Å². The number of piperidine rings is 1. The van der Waals surface area contributed by atoms with Gasteiger partial charge in [-0.1, -0.05) is 0 Å². The van der Waals surface area contributed by atoms with E-state index < -0.39 is 5.97 Å². The first kappa shape index (κ1) is 17.7. The van der Waals surface area contributed by atoms with Crippen molar-refractivity contribution < 1.29 is 24.2 Å². The van der Waals surface area contributed by atoms with Crippen LogP contribution in [0.25, 0.3) is 0 Å². The van der Waals surface area contributed by atoms with Crippen molar-refractivity contribution >= 4 is 17.8 Å². The summed E-state index contributed by atoms with van der Waals surface area (Å²) in [5.74, 6) is -1.12. The summed E-state index contributed by atoms with van der Waals surface area (Å²) in [6.45, 7) is 2.11. The zero-order valence-corrected chi connectivity index (χ0v) is 13.7. The summed E-state index contributed by atoms with van der Waals surface area (Å²) in [4.78, 5) is 39.1. The molecule has 0 spiro atoms. The highest BCUT2D eigenvalue weighted by molar-refractivity contribution is 5.89. The van der Waals surface area contributed by atoms with Gasteiger partial charge in [-0.3, -0.25) is 14.4 Å². The predicted octanol–water partition coefficient (Wildman–Crippen LogP) is 0.727. The number of aliphatic carboxylic acids is 1.